The normalized spacial score (nSPS) is 11.8. The SMILES string of the molecule is CCOC(=O)C(Nc1ccc(OC)cc1)c1c(O)ccc2ccc(Br)cc12. The van der Waals surface area contributed by atoms with Crippen molar-refractivity contribution in [2.45, 2.75) is 13.0 Å². The molecule has 1 atom stereocenters. The second-order valence-electron chi connectivity index (χ2n) is 5.92. The van der Waals surface area contributed by atoms with Crippen LogP contribution in [0.5, 0.6) is 11.5 Å². The number of rotatable bonds is 6. The molecule has 0 bridgehead atoms. The van der Waals surface area contributed by atoms with Crippen LogP contribution < -0.4 is 10.1 Å². The third kappa shape index (κ3) is 4.17. The summed E-state index contributed by atoms with van der Waals surface area (Å²) in [5, 5.41) is 15.4. The molecule has 3 aromatic rings. The molecular formula is C21H20BrNO4. The Labute approximate surface area is 166 Å². The lowest BCUT2D eigenvalue weighted by molar-refractivity contribution is -0.144. The van der Waals surface area contributed by atoms with Gasteiger partial charge >= 0.3 is 5.97 Å². The Kier molecular flexibility index (Phi) is 5.86. The molecule has 5 nitrogen and oxygen atoms in total. The highest BCUT2D eigenvalue weighted by Crippen LogP contribution is 2.36. The largest absolute Gasteiger partial charge is 0.508 e. The van der Waals surface area contributed by atoms with E-state index < -0.39 is 12.0 Å². The van der Waals surface area contributed by atoms with Gasteiger partial charge in [0.05, 0.1) is 13.7 Å². The fourth-order valence-electron chi connectivity index (χ4n) is 2.94. The third-order valence-electron chi connectivity index (χ3n) is 4.21. The van der Waals surface area contributed by atoms with Gasteiger partial charge < -0.3 is 19.9 Å². The molecule has 0 saturated heterocycles. The number of nitrogens with one attached hydrogen (secondary N) is 1. The summed E-state index contributed by atoms with van der Waals surface area (Å²) in [5.41, 5.74) is 1.18. The van der Waals surface area contributed by atoms with Crippen molar-refractivity contribution in [3.8, 4) is 11.5 Å². The Morgan fingerprint density at radius 1 is 1.15 bits per heavy atom. The van der Waals surface area contributed by atoms with Gasteiger partial charge in [0.2, 0.25) is 0 Å². The number of carbonyl (C=O) groups excluding carboxylic acids is 1. The number of methoxy groups -OCH3 is 1. The first kappa shape index (κ1) is 19.0. The minimum absolute atomic E-state index is 0.0275. The Balaban J connectivity index is 2.10. The second-order valence-corrected chi connectivity index (χ2v) is 6.84. The Morgan fingerprint density at radius 2 is 1.85 bits per heavy atom. The average Bonchev–Trinajstić information content (AvgIpc) is 2.67. The zero-order valence-corrected chi connectivity index (χ0v) is 16.6. The topological polar surface area (TPSA) is 67.8 Å². The van der Waals surface area contributed by atoms with Gasteiger partial charge in [-0.3, -0.25) is 0 Å². The molecule has 6 heteroatoms. The lowest BCUT2D eigenvalue weighted by Gasteiger charge is -2.21. The number of phenolic OH excluding ortho intramolecular Hbond substituents is 1. The molecule has 0 heterocycles. The summed E-state index contributed by atoms with van der Waals surface area (Å²) in [6.07, 6.45) is 0. The first-order valence-corrected chi connectivity index (χ1v) is 9.31. The van der Waals surface area contributed by atoms with Crippen LogP contribution in [0.4, 0.5) is 5.69 Å². The summed E-state index contributed by atoms with van der Waals surface area (Å²) < 4.78 is 11.3. The van der Waals surface area contributed by atoms with Crippen LogP contribution in [-0.2, 0) is 9.53 Å². The minimum Gasteiger partial charge on any atom is -0.508 e. The molecule has 0 radical (unpaired) electrons. The molecule has 3 rings (SSSR count). The molecule has 3 aromatic carbocycles. The average molecular weight is 430 g/mol. The summed E-state index contributed by atoms with van der Waals surface area (Å²) in [7, 11) is 1.59. The number of ether oxygens (including phenoxy) is 2. The molecule has 0 aliphatic carbocycles. The minimum atomic E-state index is -0.864. The molecule has 1 unspecified atom stereocenters. The van der Waals surface area contributed by atoms with Crippen molar-refractivity contribution in [2.24, 2.45) is 0 Å². The van der Waals surface area contributed by atoms with Crippen molar-refractivity contribution < 1.29 is 19.4 Å². The Morgan fingerprint density at radius 3 is 2.52 bits per heavy atom. The molecular weight excluding hydrogens is 410 g/mol. The van der Waals surface area contributed by atoms with Gasteiger partial charge in [0.15, 0.2) is 6.04 Å². The number of benzene rings is 3. The monoisotopic (exact) mass is 429 g/mol. The number of aromatic hydroxyl groups is 1. The molecule has 2 N–H and O–H groups in total. The molecule has 0 amide bonds. The van der Waals surface area contributed by atoms with Gasteiger partial charge in [-0.15, -0.1) is 0 Å². The highest BCUT2D eigenvalue weighted by molar-refractivity contribution is 9.10. The summed E-state index contributed by atoms with van der Waals surface area (Å²) in [5.74, 6) is 0.279. The van der Waals surface area contributed by atoms with Crippen LogP contribution in [0.3, 0.4) is 0 Å². The van der Waals surface area contributed by atoms with Crippen LogP contribution in [0.1, 0.15) is 18.5 Å². The number of hydrogen-bond acceptors (Lipinski definition) is 5. The highest BCUT2D eigenvalue weighted by Gasteiger charge is 2.27. The van der Waals surface area contributed by atoms with Crippen molar-refractivity contribution in [2.75, 3.05) is 19.0 Å². The zero-order valence-electron chi connectivity index (χ0n) is 15.0. The fraction of sp³-hybridized carbons (Fsp3) is 0.190. The molecule has 0 spiro atoms. The van der Waals surface area contributed by atoms with Crippen molar-refractivity contribution >= 4 is 38.4 Å². The van der Waals surface area contributed by atoms with E-state index in [0.29, 0.717) is 17.0 Å². The maximum absolute atomic E-state index is 12.7. The van der Waals surface area contributed by atoms with E-state index in [9.17, 15) is 9.90 Å². The van der Waals surface area contributed by atoms with Gasteiger partial charge in [-0.25, -0.2) is 4.79 Å². The van der Waals surface area contributed by atoms with E-state index >= 15 is 0 Å². The van der Waals surface area contributed by atoms with Crippen LogP contribution in [0.25, 0.3) is 10.8 Å². The molecule has 0 aliphatic heterocycles. The highest BCUT2D eigenvalue weighted by atomic mass is 79.9. The Hall–Kier alpha value is -2.73. The number of fused-ring (bicyclic) bond motifs is 1. The van der Waals surface area contributed by atoms with Gasteiger partial charge in [-0.2, -0.15) is 0 Å². The van der Waals surface area contributed by atoms with Crippen LogP contribution in [0, 0.1) is 0 Å². The lowest BCUT2D eigenvalue weighted by atomic mass is 9.97. The predicted molar refractivity (Wildman–Crippen MR) is 109 cm³/mol. The van der Waals surface area contributed by atoms with Gasteiger partial charge in [0, 0.05) is 15.7 Å². The van der Waals surface area contributed by atoms with Crippen molar-refractivity contribution in [3.05, 3.63) is 64.6 Å². The third-order valence-corrected chi connectivity index (χ3v) is 4.71. The first-order chi connectivity index (χ1) is 13.0. The molecule has 0 saturated carbocycles. The fourth-order valence-corrected chi connectivity index (χ4v) is 3.30. The quantitative estimate of drug-likeness (QED) is 0.537. The molecule has 27 heavy (non-hydrogen) atoms. The number of anilines is 1. The Bertz CT molecular complexity index is 951. The van der Waals surface area contributed by atoms with Crippen LogP contribution in [-0.4, -0.2) is 24.8 Å². The van der Waals surface area contributed by atoms with E-state index in [1.54, 1.807) is 32.2 Å². The van der Waals surface area contributed by atoms with Gasteiger partial charge in [0.25, 0.3) is 0 Å². The number of esters is 1. The maximum atomic E-state index is 12.7. The molecule has 0 fully saturated rings. The van der Waals surface area contributed by atoms with Crippen LogP contribution in [0.2, 0.25) is 0 Å². The van der Waals surface area contributed by atoms with E-state index in [4.69, 9.17) is 9.47 Å². The van der Waals surface area contributed by atoms with E-state index in [1.807, 2.05) is 36.4 Å². The number of phenols is 1. The van der Waals surface area contributed by atoms with E-state index in [0.717, 1.165) is 15.2 Å². The predicted octanol–water partition coefficient (Wildman–Crippen LogP) is 5.03. The first-order valence-electron chi connectivity index (χ1n) is 8.52. The molecule has 0 aliphatic rings. The van der Waals surface area contributed by atoms with Gasteiger partial charge in [-0.05, 0) is 60.2 Å². The smallest absolute Gasteiger partial charge is 0.333 e. The van der Waals surface area contributed by atoms with Crippen LogP contribution in [0.15, 0.2) is 59.1 Å². The number of hydrogen-bond donors (Lipinski definition) is 2. The summed E-state index contributed by atoms with van der Waals surface area (Å²) in [4.78, 5) is 12.7. The van der Waals surface area contributed by atoms with E-state index in [-0.39, 0.29) is 12.4 Å². The van der Waals surface area contributed by atoms with E-state index in [2.05, 4.69) is 21.2 Å². The summed E-state index contributed by atoms with van der Waals surface area (Å²) in [6.45, 7) is 2.00. The lowest BCUT2D eigenvalue weighted by Crippen LogP contribution is -2.23. The zero-order chi connectivity index (χ0) is 19.4. The standard InChI is InChI=1S/C21H20BrNO4/c1-3-27-21(25)20(23-15-7-9-16(26-2)10-8-15)19-17-12-14(22)6-4-13(17)5-11-18(19)24/h4-12,20,23-24H,3H2,1-2H3. The summed E-state index contributed by atoms with van der Waals surface area (Å²) >= 11 is 3.46. The van der Waals surface area contributed by atoms with E-state index in [1.165, 1.54) is 0 Å². The van der Waals surface area contributed by atoms with Crippen molar-refractivity contribution in [1.29, 1.82) is 0 Å². The summed E-state index contributed by atoms with van der Waals surface area (Å²) in [6, 6.07) is 15.5. The maximum Gasteiger partial charge on any atom is 0.333 e. The van der Waals surface area contributed by atoms with Gasteiger partial charge in [0.1, 0.15) is 11.5 Å². The molecule has 140 valence electrons. The van der Waals surface area contributed by atoms with Gasteiger partial charge in [-0.1, -0.05) is 28.1 Å². The number of carbonyl (C=O) groups is 1. The molecule has 0 aromatic heterocycles. The number of halogens is 1. The van der Waals surface area contributed by atoms with Crippen molar-refractivity contribution in [1.82, 2.24) is 0 Å². The van der Waals surface area contributed by atoms with Crippen molar-refractivity contribution in [3.63, 3.8) is 0 Å². The second kappa shape index (κ2) is 8.31. The van der Waals surface area contributed by atoms with Crippen LogP contribution >= 0.6 is 15.9 Å².